The molecule has 11 heteroatoms. The number of ether oxygens (including phenoxy) is 3. The summed E-state index contributed by atoms with van der Waals surface area (Å²) in [5, 5.41) is 24.0. The number of hydrogen-bond donors (Lipinski definition) is 3. The fourth-order valence-corrected chi connectivity index (χ4v) is 7.07. The van der Waals surface area contributed by atoms with Gasteiger partial charge in [-0.15, -0.1) is 0 Å². The predicted molar refractivity (Wildman–Crippen MR) is 164 cm³/mol. The van der Waals surface area contributed by atoms with E-state index in [1.54, 1.807) is 18.2 Å². The number of hydrogen-bond acceptors (Lipinski definition) is 9. The molecular formula is C34H44N2O9. The number of rotatable bonds is 12. The van der Waals surface area contributed by atoms with E-state index in [0.717, 1.165) is 19.3 Å². The highest BCUT2D eigenvalue weighted by atomic mass is 16.5. The number of nitrogens with zero attached hydrogens (tertiary/aromatic N) is 1. The number of carbonyl (C=O) groups is 3. The highest BCUT2D eigenvalue weighted by Gasteiger charge is 2.51. The molecule has 0 spiro atoms. The molecule has 0 unspecified atom stereocenters. The summed E-state index contributed by atoms with van der Waals surface area (Å²) in [6.07, 6.45) is 6.08. The Morgan fingerprint density at radius 1 is 1.24 bits per heavy atom. The van der Waals surface area contributed by atoms with Gasteiger partial charge in [-0.1, -0.05) is 27.2 Å². The van der Waals surface area contributed by atoms with Crippen LogP contribution in [-0.2, 0) is 20.9 Å². The molecule has 2 heterocycles. The first-order valence-corrected chi connectivity index (χ1v) is 15.7. The topological polar surface area (TPSA) is 148 Å². The molecule has 5 rings (SSSR count). The van der Waals surface area contributed by atoms with E-state index in [4.69, 9.17) is 18.6 Å². The zero-order valence-corrected chi connectivity index (χ0v) is 26.3. The largest absolute Gasteiger partial charge is 0.493 e. The number of aliphatic hydroxyl groups is 2. The van der Waals surface area contributed by atoms with Crippen LogP contribution in [0.5, 0.6) is 11.5 Å². The van der Waals surface area contributed by atoms with Gasteiger partial charge in [-0.25, -0.2) is 0 Å². The first-order chi connectivity index (χ1) is 21.7. The number of benzene rings is 1. The molecule has 0 saturated heterocycles. The maximum absolute atomic E-state index is 14.1. The fraction of sp³-hybridized carbons (Fsp3) is 0.559. The summed E-state index contributed by atoms with van der Waals surface area (Å²) in [7, 11) is 1.45. The number of fused-ring (bicyclic) bond motifs is 3. The van der Waals surface area contributed by atoms with Gasteiger partial charge in [0.1, 0.15) is 25.1 Å². The van der Waals surface area contributed by atoms with Gasteiger partial charge >= 0.3 is 0 Å². The van der Waals surface area contributed by atoms with E-state index in [9.17, 15) is 24.6 Å². The van der Waals surface area contributed by atoms with Crippen molar-refractivity contribution in [1.82, 2.24) is 10.2 Å². The third-order valence-corrected chi connectivity index (χ3v) is 9.41. The lowest BCUT2D eigenvalue weighted by Gasteiger charge is -2.41. The van der Waals surface area contributed by atoms with E-state index >= 15 is 0 Å². The van der Waals surface area contributed by atoms with Gasteiger partial charge in [-0.3, -0.25) is 14.4 Å². The maximum Gasteiger partial charge on any atom is 0.249 e. The zero-order chi connectivity index (χ0) is 32.2. The van der Waals surface area contributed by atoms with Gasteiger partial charge in [0.2, 0.25) is 11.8 Å². The standard InChI is InChI=1S/C34H44N2O9/c1-19(2)23-6-5-20(3)11-27(23)44-18-29(39)36(15-21-7-10-43-17-21)26-14-25(34(41)35-8-9-37)30-24-12-22(16-38)13-28(42-4)32(24)45-33(30)31(26)40/h7,10,12-14,16-17,19-20,23,26-27,30-31,33,37,40H,5-6,8-9,11,15,18H2,1-4H3,(H,35,41)/t20-,23+,26+,27-,30-,31-,33-/m0/s1. The van der Waals surface area contributed by atoms with Gasteiger partial charge in [0.15, 0.2) is 11.5 Å². The number of nitrogens with one attached hydrogen (secondary N) is 1. The van der Waals surface area contributed by atoms with Crippen LogP contribution in [0.15, 0.2) is 46.8 Å². The van der Waals surface area contributed by atoms with Crippen LogP contribution >= 0.6 is 0 Å². The summed E-state index contributed by atoms with van der Waals surface area (Å²) >= 11 is 0. The van der Waals surface area contributed by atoms with Crippen LogP contribution in [0.2, 0.25) is 0 Å². The Morgan fingerprint density at radius 3 is 2.71 bits per heavy atom. The van der Waals surface area contributed by atoms with E-state index < -0.39 is 30.1 Å². The SMILES string of the molecule is COc1cc(C=O)cc2c1O[C@@H]1[C@@H](O)[C@H](N(Cc3ccoc3)C(=O)CO[C@H]3C[C@@H](C)CC[C@@H]3C(C)C)C=C(C(=O)NCCO)[C@H]21. The predicted octanol–water partition coefficient (Wildman–Crippen LogP) is 3.23. The molecule has 1 fully saturated rings. The van der Waals surface area contributed by atoms with E-state index in [2.05, 4.69) is 26.1 Å². The molecule has 3 aliphatic rings. The van der Waals surface area contributed by atoms with Gasteiger partial charge in [0, 0.05) is 35.4 Å². The normalized spacial score (nSPS) is 27.2. The molecule has 1 aromatic carbocycles. The Balaban J connectivity index is 1.50. The average Bonchev–Trinajstić information content (AvgIpc) is 3.69. The highest BCUT2D eigenvalue weighted by molar-refractivity contribution is 5.96. The monoisotopic (exact) mass is 624 g/mol. The summed E-state index contributed by atoms with van der Waals surface area (Å²) in [5.74, 6) is 0.294. The minimum atomic E-state index is -1.25. The van der Waals surface area contributed by atoms with Gasteiger partial charge in [0.25, 0.3) is 0 Å². The van der Waals surface area contributed by atoms with Crippen molar-refractivity contribution in [1.29, 1.82) is 0 Å². The molecule has 45 heavy (non-hydrogen) atoms. The average molecular weight is 625 g/mol. The smallest absolute Gasteiger partial charge is 0.249 e. The molecule has 1 aromatic heterocycles. The van der Waals surface area contributed by atoms with Crippen LogP contribution in [0.1, 0.15) is 67.4 Å². The van der Waals surface area contributed by atoms with Crippen LogP contribution in [0.25, 0.3) is 0 Å². The van der Waals surface area contributed by atoms with Gasteiger partial charge in [0.05, 0.1) is 44.3 Å². The number of furan rings is 1. The van der Waals surface area contributed by atoms with Crippen molar-refractivity contribution in [2.75, 3.05) is 26.9 Å². The molecule has 11 nitrogen and oxygen atoms in total. The molecule has 2 amide bonds. The molecule has 1 aliphatic heterocycles. The van der Waals surface area contributed by atoms with Crippen molar-refractivity contribution < 1.29 is 43.2 Å². The van der Waals surface area contributed by atoms with E-state index in [1.165, 1.54) is 30.6 Å². The first-order valence-electron chi connectivity index (χ1n) is 15.7. The quantitative estimate of drug-likeness (QED) is 0.303. The number of amides is 2. The molecule has 0 radical (unpaired) electrons. The van der Waals surface area contributed by atoms with Crippen molar-refractivity contribution in [3.05, 3.63) is 59.1 Å². The summed E-state index contributed by atoms with van der Waals surface area (Å²) in [5.41, 5.74) is 1.80. The second-order valence-corrected chi connectivity index (χ2v) is 12.7. The molecule has 3 N–H and O–H groups in total. The Kier molecular flexibility index (Phi) is 10.3. The lowest BCUT2D eigenvalue weighted by atomic mass is 9.75. The second kappa shape index (κ2) is 14.2. The van der Waals surface area contributed by atoms with Crippen molar-refractivity contribution in [3.63, 3.8) is 0 Å². The molecule has 0 bridgehead atoms. The first kappa shape index (κ1) is 32.7. The van der Waals surface area contributed by atoms with Gasteiger partial charge in [-0.2, -0.15) is 0 Å². The summed E-state index contributed by atoms with van der Waals surface area (Å²) in [6, 6.07) is 3.92. The summed E-state index contributed by atoms with van der Waals surface area (Å²) in [4.78, 5) is 40.9. The minimum Gasteiger partial charge on any atom is -0.493 e. The van der Waals surface area contributed by atoms with Crippen LogP contribution in [0.4, 0.5) is 0 Å². The Morgan fingerprint density at radius 2 is 2.04 bits per heavy atom. The van der Waals surface area contributed by atoms with Crippen LogP contribution in [0, 0.1) is 17.8 Å². The third kappa shape index (κ3) is 6.80. The maximum atomic E-state index is 14.1. The summed E-state index contributed by atoms with van der Waals surface area (Å²) < 4.78 is 23.4. The number of aliphatic hydroxyl groups excluding tert-OH is 2. The van der Waals surface area contributed by atoms with Gasteiger partial charge < -0.3 is 39.1 Å². The Labute approximate surface area is 263 Å². The lowest BCUT2D eigenvalue weighted by molar-refractivity contribution is -0.148. The fourth-order valence-electron chi connectivity index (χ4n) is 7.07. The van der Waals surface area contributed by atoms with Crippen molar-refractivity contribution in [2.45, 2.75) is 76.9 Å². The molecule has 1 saturated carbocycles. The molecular weight excluding hydrogens is 580 g/mol. The number of carbonyl (C=O) groups excluding carboxylic acids is 3. The third-order valence-electron chi connectivity index (χ3n) is 9.41. The number of aldehydes is 1. The Bertz CT molecular complexity index is 1390. The second-order valence-electron chi connectivity index (χ2n) is 12.7. The van der Waals surface area contributed by atoms with Crippen molar-refractivity contribution in [2.24, 2.45) is 17.8 Å². The molecule has 244 valence electrons. The van der Waals surface area contributed by atoms with E-state index in [0.29, 0.717) is 52.2 Å². The Hall–Kier alpha value is -3.67. The van der Waals surface area contributed by atoms with Crippen LogP contribution in [-0.4, -0.2) is 84.4 Å². The lowest BCUT2D eigenvalue weighted by Crippen LogP contribution is -2.56. The number of methoxy groups -OCH3 is 1. The van der Waals surface area contributed by atoms with Crippen LogP contribution < -0.4 is 14.8 Å². The van der Waals surface area contributed by atoms with Gasteiger partial charge in [-0.05, 0) is 54.9 Å². The minimum absolute atomic E-state index is 0.00846. The van der Waals surface area contributed by atoms with Crippen molar-refractivity contribution in [3.8, 4) is 11.5 Å². The van der Waals surface area contributed by atoms with Crippen LogP contribution in [0.3, 0.4) is 0 Å². The molecule has 2 aliphatic carbocycles. The molecule has 7 atom stereocenters. The highest BCUT2D eigenvalue weighted by Crippen LogP contribution is 2.51. The van der Waals surface area contributed by atoms with E-state index in [1.807, 2.05) is 0 Å². The molecule has 2 aromatic rings. The van der Waals surface area contributed by atoms with Crippen molar-refractivity contribution >= 4 is 18.1 Å². The zero-order valence-electron chi connectivity index (χ0n) is 26.3. The van der Waals surface area contributed by atoms with E-state index in [-0.39, 0.29) is 43.9 Å². The summed E-state index contributed by atoms with van der Waals surface area (Å²) in [6.45, 7) is 6.21.